The van der Waals surface area contributed by atoms with Crippen molar-refractivity contribution in [3.63, 3.8) is 0 Å². The Hall–Kier alpha value is -2.18. The van der Waals surface area contributed by atoms with Gasteiger partial charge in [-0.2, -0.15) is 4.72 Å². The number of sulfonamides is 1. The Morgan fingerprint density at radius 3 is 2.26 bits per heavy atom. The lowest BCUT2D eigenvalue weighted by atomic mass is 10.2. The molecule has 2 aromatic rings. The van der Waals surface area contributed by atoms with Gasteiger partial charge in [-0.3, -0.25) is 4.79 Å². The number of aryl methyl sites for hydroxylation is 2. The van der Waals surface area contributed by atoms with E-state index in [0.29, 0.717) is 5.69 Å². The van der Waals surface area contributed by atoms with Crippen LogP contribution in [0.1, 0.15) is 18.1 Å². The van der Waals surface area contributed by atoms with Gasteiger partial charge in [0, 0.05) is 5.69 Å². The standard InChI is InChI=1S/C17H20N2O3S/c1-12-7-9-16(10-8-12)23(21,22)19-14(3)17(20)18-15-6-4-5-13(2)11-15/h4-11,14,19H,1-3H3,(H,18,20)/t14-/m0/s1. The van der Waals surface area contributed by atoms with Crippen molar-refractivity contribution in [2.45, 2.75) is 31.7 Å². The first-order valence-corrected chi connectivity index (χ1v) is 8.73. The first-order valence-electron chi connectivity index (χ1n) is 7.24. The van der Waals surface area contributed by atoms with Crippen molar-refractivity contribution in [1.82, 2.24) is 4.72 Å². The van der Waals surface area contributed by atoms with Crippen LogP contribution in [0.3, 0.4) is 0 Å². The maximum atomic E-state index is 12.3. The van der Waals surface area contributed by atoms with Gasteiger partial charge >= 0.3 is 0 Å². The van der Waals surface area contributed by atoms with E-state index < -0.39 is 22.0 Å². The van der Waals surface area contributed by atoms with E-state index >= 15 is 0 Å². The summed E-state index contributed by atoms with van der Waals surface area (Å²) in [7, 11) is -3.73. The summed E-state index contributed by atoms with van der Waals surface area (Å²) >= 11 is 0. The number of carbonyl (C=O) groups is 1. The highest BCUT2D eigenvalue weighted by molar-refractivity contribution is 7.89. The zero-order valence-electron chi connectivity index (χ0n) is 13.3. The lowest BCUT2D eigenvalue weighted by molar-refractivity contribution is -0.117. The maximum Gasteiger partial charge on any atom is 0.242 e. The summed E-state index contributed by atoms with van der Waals surface area (Å²) in [5, 5.41) is 2.70. The molecule has 2 rings (SSSR count). The minimum Gasteiger partial charge on any atom is -0.325 e. The number of hydrogen-bond donors (Lipinski definition) is 2. The molecular weight excluding hydrogens is 312 g/mol. The SMILES string of the molecule is Cc1ccc(S(=O)(=O)N[C@@H](C)C(=O)Nc2cccc(C)c2)cc1. The summed E-state index contributed by atoms with van der Waals surface area (Å²) in [6.07, 6.45) is 0. The molecule has 0 aliphatic carbocycles. The molecule has 0 radical (unpaired) electrons. The second kappa shape index (κ2) is 6.93. The monoisotopic (exact) mass is 332 g/mol. The first kappa shape index (κ1) is 17.2. The quantitative estimate of drug-likeness (QED) is 0.884. The van der Waals surface area contributed by atoms with Crippen LogP contribution in [0.2, 0.25) is 0 Å². The molecule has 0 spiro atoms. The molecule has 0 bridgehead atoms. The third-order valence-electron chi connectivity index (χ3n) is 3.34. The Labute approximate surface area is 136 Å². The molecular formula is C17H20N2O3S. The predicted molar refractivity (Wildman–Crippen MR) is 90.8 cm³/mol. The van der Waals surface area contributed by atoms with Crippen LogP contribution in [0.4, 0.5) is 5.69 Å². The van der Waals surface area contributed by atoms with Gasteiger partial charge in [-0.15, -0.1) is 0 Å². The largest absolute Gasteiger partial charge is 0.325 e. The Kier molecular flexibility index (Phi) is 5.18. The van der Waals surface area contributed by atoms with Crippen molar-refractivity contribution < 1.29 is 13.2 Å². The van der Waals surface area contributed by atoms with Gasteiger partial charge in [0.25, 0.3) is 0 Å². The molecule has 1 atom stereocenters. The number of anilines is 1. The Bertz CT molecular complexity index is 799. The Morgan fingerprint density at radius 1 is 1.00 bits per heavy atom. The number of carbonyl (C=O) groups excluding carboxylic acids is 1. The molecule has 0 aromatic heterocycles. The van der Waals surface area contributed by atoms with Gasteiger partial charge in [-0.1, -0.05) is 29.8 Å². The minimum atomic E-state index is -3.73. The second-order valence-corrected chi connectivity index (χ2v) is 7.23. The van der Waals surface area contributed by atoms with Crippen LogP contribution in [0.5, 0.6) is 0 Å². The summed E-state index contributed by atoms with van der Waals surface area (Å²) in [5.41, 5.74) is 2.61. The van der Waals surface area contributed by atoms with Gasteiger partial charge in [0.2, 0.25) is 15.9 Å². The molecule has 122 valence electrons. The lowest BCUT2D eigenvalue weighted by Gasteiger charge is -2.15. The number of amides is 1. The molecule has 1 amide bonds. The van der Waals surface area contributed by atoms with Crippen LogP contribution in [0.25, 0.3) is 0 Å². The molecule has 0 saturated carbocycles. The molecule has 0 fully saturated rings. The molecule has 23 heavy (non-hydrogen) atoms. The van der Waals surface area contributed by atoms with E-state index in [1.807, 2.05) is 32.0 Å². The zero-order chi connectivity index (χ0) is 17.0. The summed E-state index contributed by atoms with van der Waals surface area (Å²) in [4.78, 5) is 12.3. The lowest BCUT2D eigenvalue weighted by Crippen LogP contribution is -2.41. The Balaban J connectivity index is 2.06. The van der Waals surface area contributed by atoms with Crippen LogP contribution in [0, 0.1) is 13.8 Å². The molecule has 0 heterocycles. The first-order chi connectivity index (χ1) is 10.8. The fourth-order valence-electron chi connectivity index (χ4n) is 2.05. The fourth-order valence-corrected chi connectivity index (χ4v) is 3.25. The Morgan fingerprint density at radius 2 is 1.65 bits per heavy atom. The van der Waals surface area contributed by atoms with Gasteiger partial charge in [0.05, 0.1) is 10.9 Å². The summed E-state index contributed by atoms with van der Waals surface area (Å²) in [5.74, 6) is -0.411. The van der Waals surface area contributed by atoms with Gasteiger partial charge in [0.15, 0.2) is 0 Å². The number of nitrogens with one attached hydrogen (secondary N) is 2. The highest BCUT2D eigenvalue weighted by atomic mass is 32.2. The van der Waals surface area contributed by atoms with Crippen LogP contribution >= 0.6 is 0 Å². The normalized spacial score (nSPS) is 12.7. The summed E-state index contributed by atoms with van der Waals surface area (Å²) in [6.45, 7) is 5.30. The van der Waals surface area contributed by atoms with E-state index in [-0.39, 0.29) is 4.90 Å². The summed E-state index contributed by atoms with van der Waals surface area (Å²) < 4.78 is 26.9. The van der Waals surface area contributed by atoms with E-state index in [1.54, 1.807) is 18.2 Å². The number of hydrogen-bond acceptors (Lipinski definition) is 3. The van der Waals surface area contributed by atoms with Crippen molar-refractivity contribution in [3.8, 4) is 0 Å². The van der Waals surface area contributed by atoms with Crippen molar-refractivity contribution in [3.05, 3.63) is 59.7 Å². The van der Waals surface area contributed by atoms with Crippen LogP contribution in [-0.4, -0.2) is 20.4 Å². The van der Waals surface area contributed by atoms with Crippen LogP contribution in [-0.2, 0) is 14.8 Å². The highest BCUT2D eigenvalue weighted by Gasteiger charge is 2.22. The van der Waals surface area contributed by atoms with E-state index in [9.17, 15) is 13.2 Å². The molecule has 2 aromatic carbocycles. The van der Waals surface area contributed by atoms with Crippen molar-refractivity contribution in [2.75, 3.05) is 5.32 Å². The molecule has 2 N–H and O–H groups in total. The van der Waals surface area contributed by atoms with E-state index in [4.69, 9.17) is 0 Å². The smallest absolute Gasteiger partial charge is 0.242 e. The van der Waals surface area contributed by atoms with E-state index in [0.717, 1.165) is 11.1 Å². The minimum absolute atomic E-state index is 0.137. The molecule has 0 aliphatic rings. The molecule has 5 nitrogen and oxygen atoms in total. The topological polar surface area (TPSA) is 75.3 Å². The van der Waals surface area contributed by atoms with Gasteiger partial charge in [0.1, 0.15) is 0 Å². The average Bonchev–Trinajstić information content (AvgIpc) is 2.47. The number of rotatable bonds is 5. The van der Waals surface area contributed by atoms with E-state index in [1.165, 1.54) is 19.1 Å². The predicted octanol–water partition coefficient (Wildman–Crippen LogP) is 2.61. The molecule has 0 aliphatic heterocycles. The third-order valence-corrected chi connectivity index (χ3v) is 4.90. The van der Waals surface area contributed by atoms with Crippen LogP contribution in [0.15, 0.2) is 53.4 Å². The van der Waals surface area contributed by atoms with Crippen molar-refractivity contribution in [2.24, 2.45) is 0 Å². The third kappa shape index (κ3) is 4.64. The summed E-state index contributed by atoms with van der Waals surface area (Å²) in [6, 6.07) is 12.9. The zero-order valence-corrected chi connectivity index (χ0v) is 14.1. The number of benzene rings is 2. The van der Waals surface area contributed by atoms with Crippen molar-refractivity contribution in [1.29, 1.82) is 0 Å². The fraction of sp³-hybridized carbons (Fsp3) is 0.235. The highest BCUT2D eigenvalue weighted by Crippen LogP contribution is 2.12. The van der Waals surface area contributed by atoms with Gasteiger partial charge in [-0.05, 0) is 50.6 Å². The van der Waals surface area contributed by atoms with Crippen LogP contribution < -0.4 is 10.0 Å². The van der Waals surface area contributed by atoms with Crippen molar-refractivity contribution >= 4 is 21.6 Å². The maximum absolute atomic E-state index is 12.3. The molecule has 0 saturated heterocycles. The van der Waals surface area contributed by atoms with Gasteiger partial charge < -0.3 is 5.32 Å². The molecule has 6 heteroatoms. The van der Waals surface area contributed by atoms with Gasteiger partial charge in [-0.25, -0.2) is 8.42 Å². The molecule has 0 unspecified atom stereocenters. The average molecular weight is 332 g/mol. The van der Waals surface area contributed by atoms with E-state index in [2.05, 4.69) is 10.0 Å². The second-order valence-electron chi connectivity index (χ2n) is 5.51.